The summed E-state index contributed by atoms with van der Waals surface area (Å²) in [6, 6.07) is 15.1. The number of rotatable bonds is 7. The molecule has 0 aliphatic heterocycles. The first-order chi connectivity index (χ1) is 10.7. The molecule has 1 N–H and O–H groups in total. The summed E-state index contributed by atoms with van der Waals surface area (Å²) in [5.41, 5.74) is 0.778. The fourth-order valence-electron chi connectivity index (χ4n) is 1.83. The lowest BCUT2D eigenvalue weighted by Gasteiger charge is -2.06. The molecule has 0 saturated heterocycles. The molecule has 0 radical (unpaired) electrons. The molecule has 116 valence electrons. The van der Waals surface area contributed by atoms with E-state index in [-0.39, 0.29) is 5.91 Å². The van der Waals surface area contributed by atoms with Gasteiger partial charge in [-0.05, 0) is 48.5 Å². The maximum atomic E-state index is 11.9. The molecule has 0 aliphatic rings. The van der Waals surface area contributed by atoms with Gasteiger partial charge in [-0.3, -0.25) is 4.79 Å². The van der Waals surface area contributed by atoms with Crippen LogP contribution in [0, 0.1) is 0 Å². The molecule has 2 aromatic carbocycles. The smallest absolute Gasteiger partial charge is 0.225 e. The monoisotopic (exact) mass is 317 g/mol. The lowest BCUT2D eigenvalue weighted by atomic mass is 10.3. The fraction of sp³-hybridized carbons (Fsp3) is 0.235. The Morgan fingerprint density at radius 2 is 1.50 bits per heavy atom. The molecule has 0 spiro atoms. The van der Waals surface area contributed by atoms with Crippen LogP contribution in [-0.4, -0.2) is 25.9 Å². The summed E-state index contributed by atoms with van der Waals surface area (Å²) >= 11 is 1.65. The van der Waals surface area contributed by atoms with E-state index >= 15 is 0 Å². The highest BCUT2D eigenvalue weighted by atomic mass is 32.2. The number of hydrogen-bond donors (Lipinski definition) is 1. The molecule has 5 heteroatoms. The van der Waals surface area contributed by atoms with E-state index in [9.17, 15) is 4.79 Å². The highest BCUT2D eigenvalue weighted by molar-refractivity contribution is 7.99. The number of methoxy groups -OCH3 is 2. The van der Waals surface area contributed by atoms with E-state index in [0.717, 1.165) is 27.8 Å². The summed E-state index contributed by atoms with van der Waals surface area (Å²) in [5, 5.41) is 2.87. The van der Waals surface area contributed by atoms with Gasteiger partial charge in [-0.1, -0.05) is 0 Å². The van der Waals surface area contributed by atoms with Crippen molar-refractivity contribution in [1.29, 1.82) is 0 Å². The number of hydrogen-bond acceptors (Lipinski definition) is 4. The third kappa shape index (κ3) is 5.00. The Bertz CT molecular complexity index is 596. The van der Waals surface area contributed by atoms with E-state index in [0.29, 0.717) is 6.42 Å². The van der Waals surface area contributed by atoms with Gasteiger partial charge in [0.2, 0.25) is 5.91 Å². The largest absolute Gasteiger partial charge is 0.497 e. The molecule has 0 aliphatic carbocycles. The van der Waals surface area contributed by atoms with Gasteiger partial charge in [0.05, 0.1) is 14.2 Å². The second-order valence-corrected chi connectivity index (χ2v) is 5.72. The van der Waals surface area contributed by atoms with Gasteiger partial charge in [0.25, 0.3) is 0 Å². The van der Waals surface area contributed by atoms with E-state index in [1.807, 2.05) is 48.5 Å². The Kier molecular flexibility index (Phi) is 6.15. The van der Waals surface area contributed by atoms with Crippen LogP contribution in [-0.2, 0) is 4.79 Å². The molecular weight excluding hydrogens is 298 g/mol. The van der Waals surface area contributed by atoms with Crippen molar-refractivity contribution in [3.63, 3.8) is 0 Å². The number of thioether (sulfide) groups is 1. The van der Waals surface area contributed by atoms with Crippen molar-refractivity contribution >= 4 is 23.4 Å². The van der Waals surface area contributed by atoms with Crippen LogP contribution < -0.4 is 14.8 Å². The molecule has 0 saturated carbocycles. The minimum atomic E-state index is 0.00572. The van der Waals surface area contributed by atoms with E-state index < -0.39 is 0 Å². The van der Waals surface area contributed by atoms with Crippen LogP contribution in [0.3, 0.4) is 0 Å². The van der Waals surface area contributed by atoms with Gasteiger partial charge < -0.3 is 14.8 Å². The van der Waals surface area contributed by atoms with Crippen LogP contribution in [0.25, 0.3) is 0 Å². The van der Waals surface area contributed by atoms with Crippen LogP contribution in [0.2, 0.25) is 0 Å². The number of anilines is 1. The standard InChI is InChI=1S/C17H19NO3S/c1-20-14-5-3-13(4-6-14)18-17(19)11-12-22-16-9-7-15(21-2)8-10-16/h3-10H,11-12H2,1-2H3,(H,18,19). The van der Waals surface area contributed by atoms with Crippen LogP contribution in [0.5, 0.6) is 11.5 Å². The van der Waals surface area contributed by atoms with Gasteiger partial charge in [-0.15, -0.1) is 11.8 Å². The highest BCUT2D eigenvalue weighted by Crippen LogP contribution is 2.22. The summed E-state index contributed by atoms with van der Waals surface area (Å²) in [6.45, 7) is 0. The fourth-order valence-corrected chi connectivity index (χ4v) is 2.68. The van der Waals surface area contributed by atoms with Crippen molar-refractivity contribution in [2.24, 2.45) is 0 Å². The zero-order valence-corrected chi connectivity index (χ0v) is 13.5. The van der Waals surface area contributed by atoms with E-state index in [1.165, 1.54) is 0 Å². The molecule has 22 heavy (non-hydrogen) atoms. The van der Waals surface area contributed by atoms with Crippen molar-refractivity contribution in [3.8, 4) is 11.5 Å². The SMILES string of the molecule is COc1ccc(NC(=O)CCSc2ccc(OC)cc2)cc1. The molecule has 0 bridgehead atoms. The topological polar surface area (TPSA) is 47.6 Å². The maximum absolute atomic E-state index is 11.9. The van der Waals surface area contributed by atoms with Crippen molar-refractivity contribution in [1.82, 2.24) is 0 Å². The number of carbonyl (C=O) groups is 1. The highest BCUT2D eigenvalue weighted by Gasteiger charge is 2.03. The van der Waals surface area contributed by atoms with Crippen LogP contribution in [0.15, 0.2) is 53.4 Å². The molecule has 2 aromatic rings. The third-order valence-electron chi connectivity index (χ3n) is 3.03. The van der Waals surface area contributed by atoms with Crippen molar-refractivity contribution in [2.75, 3.05) is 25.3 Å². The van der Waals surface area contributed by atoms with Crippen molar-refractivity contribution < 1.29 is 14.3 Å². The normalized spacial score (nSPS) is 10.1. The number of benzene rings is 2. The first-order valence-electron chi connectivity index (χ1n) is 6.92. The zero-order valence-electron chi connectivity index (χ0n) is 12.7. The van der Waals surface area contributed by atoms with Gasteiger partial charge >= 0.3 is 0 Å². The molecule has 2 rings (SSSR count). The van der Waals surface area contributed by atoms with Crippen molar-refractivity contribution in [3.05, 3.63) is 48.5 Å². The van der Waals surface area contributed by atoms with Gasteiger partial charge in [0, 0.05) is 22.8 Å². The average Bonchev–Trinajstić information content (AvgIpc) is 2.56. The first kappa shape index (κ1) is 16.2. The molecule has 0 fully saturated rings. The van der Waals surface area contributed by atoms with E-state index in [1.54, 1.807) is 26.0 Å². The lowest BCUT2D eigenvalue weighted by molar-refractivity contribution is -0.115. The molecule has 0 heterocycles. The molecule has 0 unspecified atom stereocenters. The molecule has 1 amide bonds. The maximum Gasteiger partial charge on any atom is 0.225 e. The van der Waals surface area contributed by atoms with Crippen LogP contribution >= 0.6 is 11.8 Å². The lowest BCUT2D eigenvalue weighted by Crippen LogP contribution is -2.12. The van der Waals surface area contributed by atoms with Gasteiger partial charge in [0.15, 0.2) is 0 Å². The predicted molar refractivity (Wildman–Crippen MR) is 90.0 cm³/mol. The van der Waals surface area contributed by atoms with Crippen molar-refractivity contribution in [2.45, 2.75) is 11.3 Å². The zero-order chi connectivity index (χ0) is 15.8. The predicted octanol–water partition coefficient (Wildman–Crippen LogP) is 3.82. The summed E-state index contributed by atoms with van der Waals surface area (Å²) in [5.74, 6) is 2.34. The number of nitrogens with one attached hydrogen (secondary N) is 1. The summed E-state index contributed by atoms with van der Waals surface area (Å²) in [7, 11) is 3.26. The molecular formula is C17H19NO3S. The minimum Gasteiger partial charge on any atom is -0.497 e. The minimum absolute atomic E-state index is 0.00572. The molecule has 0 atom stereocenters. The van der Waals surface area contributed by atoms with Crippen LogP contribution in [0.1, 0.15) is 6.42 Å². The summed E-state index contributed by atoms with van der Waals surface area (Å²) in [4.78, 5) is 13.0. The summed E-state index contributed by atoms with van der Waals surface area (Å²) in [6.07, 6.45) is 0.461. The third-order valence-corrected chi connectivity index (χ3v) is 4.04. The quantitative estimate of drug-likeness (QED) is 0.789. The second kappa shape index (κ2) is 8.34. The Morgan fingerprint density at radius 1 is 0.955 bits per heavy atom. The Labute approximate surface area is 134 Å². The van der Waals surface area contributed by atoms with Gasteiger partial charge in [-0.25, -0.2) is 0 Å². The number of amides is 1. The molecule has 4 nitrogen and oxygen atoms in total. The number of ether oxygens (including phenoxy) is 2. The Hall–Kier alpha value is -2.14. The average molecular weight is 317 g/mol. The van der Waals surface area contributed by atoms with E-state index in [4.69, 9.17) is 9.47 Å². The van der Waals surface area contributed by atoms with Gasteiger partial charge in [0.1, 0.15) is 11.5 Å². The number of carbonyl (C=O) groups excluding carboxylic acids is 1. The second-order valence-electron chi connectivity index (χ2n) is 4.55. The Morgan fingerprint density at radius 3 is 2.05 bits per heavy atom. The molecule has 0 aromatic heterocycles. The summed E-state index contributed by atoms with van der Waals surface area (Å²) < 4.78 is 10.2. The van der Waals surface area contributed by atoms with Crippen LogP contribution in [0.4, 0.5) is 5.69 Å². The van der Waals surface area contributed by atoms with E-state index in [2.05, 4.69) is 5.32 Å². The van der Waals surface area contributed by atoms with Gasteiger partial charge in [-0.2, -0.15) is 0 Å². The Balaban J connectivity index is 1.74. The first-order valence-corrected chi connectivity index (χ1v) is 7.90.